The number of rotatable bonds is 4. The first kappa shape index (κ1) is 14.6. The SMILES string of the molecule is Cc1nn(C)c(COC(=O)Cc2ccccc2N)c1Br. The highest BCUT2D eigenvalue weighted by Gasteiger charge is 2.13. The molecule has 6 heteroatoms. The van der Waals surface area contributed by atoms with Gasteiger partial charge in [0.2, 0.25) is 0 Å². The van der Waals surface area contributed by atoms with E-state index in [0.717, 1.165) is 21.4 Å². The lowest BCUT2D eigenvalue weighted by atomic mass is 10.1. The molecule has 0 aliphatic rings. The Bertz CT molecular complexity index is 637. The van der Waals surface area contributed by atoms with E-state index in [1.807, 2.05) is 32.2 Å². The van der Waals surface area contributed by atoms with Gasteiger partial charge in [-0.3, -0.25) is 9.48 Å². The fourth-order valence-electron chi connectivity index (χ4n) is 1.89. The van der Waals surface area contributed by atoms with Crippen molar-refractivity contribution in [3.63, 3.8) is 0 Å². The Balaban J connectivity index is 1.98. The third-order valence-corrected chi connectivity index (χ3v) is 4.05. The topological polar surface area (TPSA) is 70.1 Å². The van der Waals surface area contributed by atoms with Crippen LogP contribution in [-0.4, -0.2) is 15.7 Å². The number of halogens is 1. The highest BCUT2D eigenvalue weighted by Crippen LogP contribution is 2.21. The molecule has 20 heavy (non-hydrogen) atoms. The first-order valence-electron chi connectivity index (χ1n) is 6.16. The maximum atomic E-state index is 11.8. The van der Waals surface area contributed by atoms with Crippen molar-refractivity contribution in [3.05, 3.63) is 45.7 Å². The number of aromatic nitrogens is 2. The molecule has 0 atom stereocenters. The van der Waals surface area contributed by atoms with Crippen LogP contribution in [0.5, 0.6) is 0 Å². The molecule has 0 spiro atoms. The van der Waals surface area contributed by atoms with Gasteiger partial charge >= 0.3 is 5.97 Å². The van der Waals surface area contributed by atoms with Crippen LogP contribution in [0.3, 0.4) is 0 Å². The number of ether oxygens (including phenoxy) is 1. The summed E-state index contributed by atoms with van der Waals surface area (Å²) in [4.78, 5) is 11.8. The lowest BCUT2D eigenvalue weighted by Gasteiger charge is -2.07. The van der Waals surface area contributed by atoms with Crippen LogP contribution < -0.4 is 5.73 Å². The molecule has 0 radical (unpaired) electrons. The standard InChI is InChI=1S/C14H16BrN3O2/c1-9-14(15)12(18(2)17-9)8-20-13(19)7-10-5-3-4-6-11(10)16/h3-6H,7-8,16H2,1-2H3. The Hall–Kier alpha value is -1.82. The van der Waals surface area contributed by atoms with E-state index in [2.05, 4.69) is 21.0 Å². The molecule has 0 amide bonds. The molecule has 1 heterocycles. The second kappa shape index (κ2) is 6.09. The average molecular weight is 338 g/mol. The second-order valence-corrected chi connectivity index (χ2v) is 5.30. The number of nitrogen functional groups attached to an aromatic ring is 1. The molecule has 0 saturated heterocycles. The number of nitrogens with zero attached hydrogens (tertiary/aromatic N) is 2. The lowest BCUT2D eigenvalue weighted by Crippen LogP contribution is -2.11. The molecule has 2 N–H and O–H groups in total. The van der Waals surface area contributed by atoms with Crippen LogP contribution >= 0.6 is 15.9 Å². The summed E-state index contributed by atoms with van der Waals surface area (Å²) >= 11 is 3.43. The number of esters is 1. The number of hydrogen-bond donors (Lipinski definition) is 1. The van der Waals surface area contributed by atoms with E-state index in [9.17, 15) is 4.79 Å². The molecule has 2 rings (SSSR count). The van der Waals surface area contributed by atoms with Crippen molar-refractivity contribution in [3.8, 4) is 0 Å². The van der Waals surface area contributed by atoms with E-state index in [4.69, 9.17) is 10.5 Å². The Morgan fingerprint density at radius 2 is 2.15 bits per heavy atom. The zero-order chi connectivity index (χ0) is 14.7. The van der Waals surface area contributed by atoms with Gasteiger partial charge in [-0.25, -0.2) is 0 Å². The minimum absolute atomic E-state index is 0.168. The first-order chi connectivity index (χ1) is 9.49. The Kier molecular flexibility index (Phi) is 4.44. The number of benzene rings is 1. The van der Waals surface area contributed by atoms with E-state index in [-0.39, 0.29) is 19.0 Å². The monoisotopic (exact) mass is 337 g/mol. The van der Waals surface area contributed by atoms with Crippen LogP contribution in [0.4, 0.5) is 5.69 Å². The quantitative estimate of drug-likeness (QED) is 0.686. The van der Waals surface area contributed by atoms with Gasteiger partial charge < -0.3 is 10.5 Å². The van der Waals surface area contributed by atoms with Crippen molar-refractivity contribution in [1.82, 2.24) is 9.78 Å². The van der Waals surface area contributed by atoms with Crippen LogP contribution in [0.15, 0.2) is 28.7 Å². The predicted molar refractivity (Wildman–Crippen MR) is 80.0 cm³/mol. The molecule has 0 saturated carbocycles. The summed E-state index contributed by atoms with van der Waals surface area (Å²) in [7, 11) is 1.82. The average Bonchev–Trinajstić information content (AvgIpc) is 2.64. The van der Waals surface area contributed by atoms with E-state index in [1.165, 1.54) is 0 Å². The predicted octanol–water partition coefficient (Wildman–Crippen LogP) is 2.36. The van der Waals surface area contributed by atoms with Crippen LogP contribution in [-0.2, 0) is 29.6 Å². The van der Waals surface area contributed by atoms with Gasteiger partial charge in [-0.05, 0) is 34.5 Å². The Labute approximate surface area is 125 Å². The number of para-hydroxylation sites is 1. The van der Waals surface area contributed by atoms with Crippen LogP contribution in [0.2, 0.25) is 0 Å². The highest BCUT2D eigenvalue weighted by atomic mass is 79.9. The lowest BCUT2D eigenvalue weighted by molar-refractivity contribution is -0.144. The molecule has 0 aliphatic carbocycles. The smallest absolute Gasteiger partial charge is 0.310 e. The van der Waals surface area contributed by atoms with E-state index >= 15 is 0 Å². The van der Waals surface area contributed by atoms with E-state index in [1.54, 1.807) is 10.7 Å². The first-order valence-corrected chi connectivity index (χ1v) is 6.95. The van der Waals surface area contributed by atoms with Gasteiger partial charge in [0, 0.05) is 12.7 Å². The van der Waals surface area contributed by atoms with Crippen molar-refractivity contribution < 1.29 is 9.53 Å². The molecule has 2 aromatic rings. The fourth-order valence-corrected chi connectivity index (χ4v) is 2.34. The normalized spacial score (nSPS) is 10.6. The number of nitrogens with two attached hydrogens (primary N) is 1. The van der Waals surface area contributed by atoms with Gasteiger partial charge in [0.1, 0.15) is 6.61 Å². The number of hydrogen-bond acceptors (Lipinski definition) is 4. The van der Waals surface area contributed by atoms with Crippen LogP contribution in [0.1, 0.15) is 17.0 Å². The van der Waals surface area contributed by atoms with Crippen LogP contribution in [0.25, 0.3) is 0 Å². The molecule has 5 nitrogen and oxygen atoms in total. The molecule has 0 bridgehead atoms. The van der Waals surface area contributed by atoms with Gasteiger partial charge in [0.15, 0.2) is 0 Å². The highest BCUT2D eigenvalue weighted by molar-refractivity contribution is 9.10. The van der Waals surface area contributed by atoms with Crippen LogP contribution in [0, 0.1) is 6.92 Å². The summed E-state index contributed by atoms with van der Waals surface area (Å²) in [6, 6.07) is 7.27. The minimum Gasteiger partial charge on any atom is -0.459 e. The number of carbonyl (C=O) groups excluding carboxylic acids is 1. The summed E-state index contributed by atoms with van der Waals surface area (Å²) < 4.78 is 7.84. The second-order valence-electron chi connectivity index (χ2n) is 4.51. The molecule has 1 aromatic heterocycles. The summed E-state index contributed by atoms with van der Waals surface area (Å²) in [5.74, 6) is -0.311. The molecule has 0 fully saturated rings. The van der Waals surface area contributed by atoms with E-state index in [0.29, 0.717) is 5.69 Å². The molecule has 1 aromatic carbocycles. The third kappa shape index (κ3) is 3.19. The number of anilines is 1. The fraction of sp³-hybridized carbons (Fsp3) is 0.286. The van der Waals surface area contributed by atoms with Gasteiger partial charge in [0.25, 0.3) is 0 Å². The zero-order valence-corrected chi connectivity index (χ0v) is 13.0. The molecule has 0 unspecified atom stereocenters. The van der Waals surface area contributed by atoms with Gasteiger partial charge in [-0.1, -0.05) is 18.2 Å². The molecule has 0 aliphatic heterocycles. The number of carbonyl (C=O) groups is 1. The molecular formula is C14H16BrN3O2. The summed E-state index contributed by atoms with van der Waals surface area (Å²) in [6.07, 6.45) is 0.168. The van der Waals surface area contributed by atoms with Crippen molar-refractivity contribution >= 4 is 27.6 Å². The Morgan fingerprint density at radius 3 is 2.75 bits per heavy atom. The van der Waals surface area contributed by atoms with Gasteiger partial charge in [0.05, 0.1) is 22.3 Å². The van der Waals surface area contributed by atoms with Crippen molar-refractivity contribution in [2.75, 3.05) is 5.73 Å². The molecule has 106 valence electrons. The van der Waals surface area contributed by atoms with Crippen molar-refractivity contribution in [1.29, 1.82) is 0 Å². The zero-order valence-electron chi connectivity index (χ0n) is 11.4. The largest absolute Gasteiger partial charge is 0.459 e. The maximum Gasteiger partial charge on any atom is 0.310 e. The molecular weight excluding hydrogens is 322 g/mol. The van der Waals surface area contributed by atoms with Crippen molar-refractivity contribution in [2.45, 2.75) is 20.0 Å². The maximum absolute atomic E-state index is 11.8. The number of aryl methyl sites for hydroxylation is 2. The van der Waals surface area contributed by atoms with E-state index < -0.39 is 0 Å². The Morgan fingerprint density at radius 1 is 1.45 bits per heavy atom. The van der Waals surface area contributed by atoms with Gasteiger partial charge in [-0.2, -0.15) is 5.10 Å². The van der Waals surface area contributed by atoms with Crippen molar-refractivity contribution in [2.24, 2.45) is 7.05 Å². The van der Waals surface area contributed by atoms with Gasteiger partial charge in [-0.15, -0.1) is 0 Å². The summed E-state index contributed by atoms with van der Waals surface area (Å²) in [5, 5.41) is 4.25. The summed E-state index contributed by atoms with van der Waals surface area (Å²) in [5.41, 5.74) is 8.87. The third-order valence-electron chi connectivity index (χ3n) is 3.02. The minimum atomic E-state index is -0.311. The summed E-state index contributed by atoms with van der Waals surface area (Å²) in [6.45, 7) is 2.07.